The van der Waals surface area contributed by atoms with Crippen molar-refractivity contribution in [2.24, 2.45) is 0 Å². The van der Waals surface area contributed by atoms with Crippen molar-refractivity contribution in [2.45, 2.75) is 51.7 Å². The van der Waals surface area contributed by atoms with Gasteiger partial charge >= 0.3 is 0 Å². The fourth-order valence-electron chi connectivity index (χ4n) is 3.99. The first-order chi connectivity index (χ1) is 14.7. The summed E-state index contributed by atoms with van der Waals surface area (Å²) in [6.45, 7) is 3.06. The third kappa shape index (κ3) is 4.15. The summed E-state index contributed by atoms with van der Waals surface area (Å²) >= 11 is 0. The Morgan fingerprint density at radius 1 is 1.20 bits per heavy atom. The van der Waals surface area contributed by atoms with E-state index in [4.69, 9.17) is 4.42 Å². The Balaban J connectivity index is 1.55. The molecule has 156 valence electrons. The number of nitrogens with zero attached hydrogens (tertiary/aromatic N) is 2. The van der Waals surface area contributed by atoms with Crippen molar-refractivity contribution in [1.29, 1.82) is 0 Å². The zero-order valence-electron chi connectivity index (χ0n) is 17.1. The van der Waals surface area contributed by atoms with Crippen molar-refractivity contribution in [2.75, 3.05) is 0 Å². The molecule has 3 aromatic rings. The predicted molar refractivity (Wildman–Crippen MR) is 112 cm³/mol. The van der Waals surface area contributed by atoms with Gasteiger partial charge in [-0.2, -0.15) is 0 Å². The first-order valence-corrected chi connectivity index (χ1v) is 10.4. The second kappa shape index (κ2) is 8.98. The van der Waals surface area contributed by atoms with Gasteiger partial charge in [-0.3, -0.25) is 9.59 Å². The van der Waals surface area contributed by atoms with Crippen LogP contribution in [-0.2, 0) is 19.5 Å². The number of nitrogens with one attached hydrogen (secondary N) is 2. The second-order valence-electron chi connectivity index (χ2n) is 7.49. The Hall–Kier alpha value is -3.35. The minimum absolute atomic E-state index is 0.0721. The van der Waals surface area contributed by atoms with E-state index in [-0.39, 0.29) is 24.4 Å². The van der Waals surface area contributed by atoms with Crippen LogP contribution in [0.1, 0.15) is 70.1 Å². The Kier molecular flexibility index (Phi) is 5.97. The Bertz CT molecular complexity index is 1010. The van der Waals surface area contributed by atoms with Crippen molar-refractivity contribution in [3.8, 4) is 0 Å². The van der Waals surface area contributed by atoms with Gasteiger partial charge in [-0.15, -0.1) is 0 Å². The number of hydrogen-bond acceptors (Lipinski definition) is 4. The highest BCUT2D eigenvalue weighted by Gasteiger charge is 2.26. The molecule has 0 saturated carbocycles. The van der Waals surface area contributed by atoms with E-state index in [2.05, 4.69) is 15.6 Å². The molecule has 4 rings (SSSR count). The highest BCUT2D eigenvalue weighted by Crippen LogP contribution is 2.25. The van der Waals surface area contributed by atoms with Crippen molar-refractivity contribution in [1.82, 2.24) is 20.2 Å². The molecule has 1 unspecified atom stereocenters. The molecule has 0 fully saturated rings. The number of oxazole rings is 1. The number of amides is 2. The number of fused-ring (bicyclic) bond motifs is 1. The van der Waals surface area contributed by atoms with Gasteiger partial charge in [0.2, 0.25) is 0 Å². The van der Waals surface area contributed by atoms with E-state index >= 15 is 0 Å². The highest BCUT2D eigenvalue weighted by atomic mass is 16.3. The van der Waals surface area contributed by atoms with Gasteiger partial charge in [0.15, 0.2) is 6.39 Å². The van der Waals surface area contributed by atoms with E-state index in [9.17, 15) is 9.59 Å². The lowest BCUT2D eigenvalue weighted by Gasteiger charge is -2.21. The number of rotatable bonds is 7. The fraction of sp³-hybridized carbons (Fsp3) is 0.348. The molecule has 2 N–H and O–H groups in total. The van der Waals surface area contributed by atoms with Gasteiger partial charge in [-0.05, 0) is 37.3 Å². The van der Waals surface area contributed by atoms with Gasteiger partial charge in [0.25, 0.3) is 11.8 Å². The van der Waals surface area contributed by atoms with E-state index in [0.717, 1.165) is 43.5 Å². The lowest BCUT2D eigenvalue weighted by molar-refractivity contribution is 0.0923. The Labute approximate surface area is 175 Å². The van der Waals surface area contributed by atoms with Gasteiger partial charge in [0.1, 0.15) is 11.5 Å². The summed E-state index contributed by atoms with van der Waals surface area (Å²) in [4.78, 5) is 29.8. The summed E-state index contributed by atoms with van der Waals surface area (Å²) in [5.41, 5.74) is 3.11. The molecule has 30 heavy (non-hydrogen) atoms. The van der Waals surface area contributed by atoms with Crippen molar-refractivity contribution >= 4 is 11.8 Å². The van der Waals surface area contributed by atoms with Crippen LogP contribution in [0.4, 0.5) is 0 Å². The first-order valence-electron chi connectivity index (χ1n) is 10.4. The highest BCUT2D eigenvalue weighted by molar-refractivity contribution is 6.00. The minimum atomic E-state index is -0.203. The number of aromatic nitrogens is 2. The zero-order chi connectivity index (χ0) is 20.9. The predicted octanol–water partition coefficient (Wildman–Crippen LogP) is 3.62. The molecule has 1 aliphatic heterocycles. The average Bonchev–Trinajstić information content (AvgIpc) is 3.44. The molecule has 0 bridgehead atoms. The third-order valence-corrected chi connectivity index (χ3v) is 5.55. The van der Waals surface area contributed by atoms with Gasteiger partial charge in [0.05, 0.1) is 24.3 Å². The summed E-state index contributed by atoms with van der Waals surface area (Å²) in [7, 11) is 0. The van der Waals surface area contributed by atoms with Crippen LogP contribution in [0, 0.1) is 0 Å². The lowest BCUT2D eigenvalue weighted by Crippen LogP contribution is -2.30. The van der Waals surface area contributed by atoms with Crippen LogP contribution < -0.4 is 10.6 Å². The van der Waals surface area contributed by atoms with Crippen LogP contribution >= 0.6 is 0 Å². The molecule has 2 amide bonds. The molecule has 0 aliphatic carbocycles. The van der Waals surface area contributed by atoms with Gasteiger partial charge in [-0.1, -0.05) is 37.3 Å². The molecule has 7 nitrogen and oxygen atoms in total. The normalized spacial score (nSPS) is 14.0. The standard InChI is InChI=1S/C23H26N4O3/c1-2-19(16-8-4-3-5-9-16)26-23(29)21-12-18(20-10-6-7-11-27(20)21)22(28)25-14-17-13-24-15-30-17/h3-5,8-9,12-13,15,19H,2,6-7,10-11,14H2,1H3,(H,25,28)(H,26,29). The molecule has 1 aliphatic rings. The van der Waals surface area contributed by atoms with E-state index in [0.29, 0.717) is 17.0 Å². The number of carbonyl (C=O) groups excluding carboxylic acids is 2. The van der Waals surface area contributed by atoms with Crippen LogP contribution in [0.5, 0.6) is 0 Å². The fourth-order valence-corrected chi connectivity index (χ4v) is 3.99. The molecular formula is C23H26N4O3. The van der Waals surface area contributed by atoms with Crippen LogP contribution in [-0.4, -0.2) is 21.4 Å². The Morgan fingerprint density at radius 2 is 2.03 bits per heavy atom. The number of benzene rings is 1. The maximum atomic E-state index is 13.2. The van der Waals surface area contributed by atoms with Crippen LogP contribution in [0.15, 0.2) is 53.4 Å². The van der Waals surface area contributed by atoms with Crippen LogP contribution in [0.3, 0.4) is 0 Å². The Morgan fingerprint density at radius 3 is 2.77 bits per heavy atom. The summed E-state index contributed by atoms with van der Waals surface area (Å²) in [5.74, 6) is 0.234. The molecule has 2 aromatic heterocycles. The largest absolute Gasteiger partial charge is 0.447 e. The molecule has 0 saturated heterocycles. The summed E-state index contributed by atoms with van der Waals surface area (Å²) < 4.78 is 7.18. The maximum Gasteiger partial charge on any atom is 0.268 e. The zero-order valence-corrected chi connectivity index (χ0v) is 17.1. The quantitative estimate of drug-likeness (QED) is 0.627. The summed E-state index contributed by atoms with van der Waals surface area (Å²) in [6.07, 6.45) is 6.48. The monoisotopic (exact) mass is 406 g/mol. The molecule has 1 aromatic carbocycles. The molecule has 7 heteroatoms. The maximum absolute atomic E-state index is 13.2. The first kappa shape index (κ1) is 19.9. The van der Waals surface area contributed by atoms with Crippen LogP contribution in [0.25, 0.3) is 0 Å². The molecule has 0 spiro atoms. The molecule has 3 heterocycles. The van der Waals surface area contributed by atoms with Crippen molar-refractivity contribution in [3.63, 3.8) is 0 Å². The van der Waals surface area contributed by atoms with Crippen LogP contribution in [0.2, 0.25) is 0 Å². The smallest absolute Gasteiger partial charge is 0.268 e. The van der Waals surface area contributed by atoms with Crippen molar-refractivity contribution < 1.29 is 14.0 Å². The topological polar surface area (TPSA) is 89.2 Å². The van der Waals surface area contributed by atoms with E-state index in [1.54, 1.807) is 12.3 Å². The number of hydrogen-bond donors (Lipinski definition) is 2. The second-order valence-corrected chi connectivity index (χ2v) is 7.49. The van der Waals surface area contributed by atoms with E-state index < -0.39 is 0 Å². The SMILES string of the molecule is CCC(NC(=O)c1cc(C(=O)NCc2cnco2)c2n1CCCC2)c1ccccc1. The molecular weight excluding hydrogens is 380 g/mol. The number of carbonyl (C=O) groups is 2. The van der Waals surface area contributed by atoms with Crippen molar-refractivity contribution in [3.05, 3.63) is 77.3 Å². The summed E-state index contributed by atoms with van der Waals surface area (Å²) in [5, 5.41) is 6.01. The van der Waals surface area contributed by atoms with Gasteiger partial charge in [0, 0.05) is 12.2 Å². The van der Waals surface area contributed by atoms with E-state index in [1.165, 1.54) is 6.39 Å². The molecule has 1 atom stereocenters. The lowest BCUT2D eigenvalue weighted by atomic mass is 10.0. The van der Waals surface area contributed by atoms with Gasteiger partial charge in [-0.25, -0.2) is 4.98 Å². The third-order valence-electron chi connectivity index (χ3n) is 5.55. The summed E-state index contributed by atoms with van der Waals surface area (Å²) in [6, 6.07) is 11.6. The molecule has 0 radical (unpaired) electrons. The minimum Gasteiger partial charge on any atom is -0.447 e. The average molecular weight is 406 g/mol. The van der Waals surface area contributed by atoms with Gasteiger partial charge < -0.3 is 19.6 Å². The van der Waals surface area contributed by atoms with E-state index in [1.807, 2.05) is 41.8 Å².